The second-order valence-corrected chi connectivity index (χ2v) is 7.33. The Labute approximate surface area is 116 Å². The predicted molar refractivity (Wildman–Crippen MR) is 73.9 cm³/mol. The molecule has 1 aliphatic heterocycles. The number of rotatable bonds is 2. The maximum atomic E-state index is 9.64. The Morgan fingerprint density at radius 3 is 2.47 bits per heavy atom. The Morgan fingerprint density at radius 2 is 1.74 bits per heavy atom. The summed E-state index contributed by atoms with van der Waals surface area (Å²) in [6.07, 6.45) is 11.6. The molecular formula is C16H27NO2. The second kappa shape index (κ2) is 4.71. The van der Waals surface area contributed by atoms with Crippen LogP contribution in [0.15, 0.2) is 0 Å². The average molecular weight is 265 g/mol. The van der Waals surface area contributed by atoms with E-state index in [1.54, 1.807) is 0 Å². The highest BCUT2D eigenvalue weighted by Crippen LogP contribution is 2.60. The molecule has 3 atom stereocenters. The van der Waals surface area contributed by atoms with Crippen LogP contribution in [-0.2, 0) is 4.74 Å². The molecule has 0 radical (unpaired) electrons. The predicted octanol–water partition coefficient (Wildman–Crippen LogP) is 2.23. The zero-order chi connectivity index (χ0) is 12.9. The Hall–Kier alpha value is -0.120. The van der Waals surface area contributed by atoms with Crippen molar-refractivity contribution in [1.82, 2.24) is 5.32 Å². The van der Waals surface area contributed by atoms with Crippen molar-refractivity contribution in [3.8, 4) is 0 Å². The number of ether oxygens (including phenoxy) is 1. The van der Waals surface area contributed by atoms with Gasteiger partial charge in [0.15, 0.2) is 0 Å². The van der Waals surface area contributed by atoms with Crippen LogP contribution in [0.25, 0.3) is 0 Å². The number of fused-ring (bicyclic) bond motifs is 2. The van der Waals surface area contributed by atoms with Crippen molar-refractivity contribution in [2.45, 2.75) is 82.1 Å². The van der Waals surface area contributed by atoms with Crippen LogP contribution in [0.2, 0.25) is 0 Å². The molecule has 1 spiro atoms. The average Bonchev–Trinajstić information content (AvgIpc) is 3.06. The molecule has 1 heterocycles. The van der Waals surface area contributed by atoms with E-state index in [2.05, 4.69) is 5.32 Å². The summed E-state index contributed by atoms with van der Waals surface area (Å²) in [5, 5.41) is 13.6. The van der Waals surface area contributed by atoms with Crippen molar-refractivity contribution in [1.29, 1.82) is 0 Å². The summed E-state index contributed by atoms with van der Waals surface area (Å²) in [6, 6.07) is 1.36. The monoisotopic (exact) mass is 265 g/mol. The number of aliphatic hydroxyl groups excluding tert-OH is 1. The summed E-state index contributed by atoms with van der Waals surface area (Å²) >= 11 is 0. The van der Waals surface area contributed by atoms with Crippen LogP contribution in [0.5, 0.6) is 0 Å². The number of aliphatic hydroxyl groups is 1. The van der Waals surface area contributed by atoms with Crippen molar-refractivity contribution in [3.63, 3.8) is 0 Å². The molecule has 2 N–H and O–H groups in total. The molecule has 0 aromatic carbocycles. The van der Waals surface area contributed by atoms with Crippen LogP contribution in [0.3, 0.4) is 0 Å². The van der Waals surface area contributed by atoms with Gasteiger partial charge in [0.2, 0.25) is 0 Å². The van der Waals surface area contributed by atoms with Gasteiger partial charge in [-0.3, -0.25) is 0 Å². The number of hydrogen-bond acceptors (Lipinski definition) is 3. The molecule has 4 aliphatic rings. The zero-order valence-electron chi connectivity index (χ0n) is 11.8. The van der Waals surface area contributed by atoms with E-state index in [0.29, 0.717) is 23.6 Å². The zero-order valence-corrected chi connectivity index (χ0v) is 11.8. The van der Waals surface area contributed by atoms with Gasteiger partial charge in [-0.25, -0.2) is 0 Å². The lowest BCUT2D eigenvalue weighted by molar-refractivity contribution is -0.134. The fourth-order valence-corrected chi connectivity index (χ4v) is 5.44. The maximum absolute atomic E-state index is 9.64. The minimum atomic E-state index is -0.0394. The van der Waals surface area contributed by atoms with Gasteiger partial charge in [0.05, 0.1) is 12.2 Å². The third kappa shape index (κ3) is 1.89. The van der Waals surface area contributed by atoms with E-state index in [1.165, 1.54) is 32.1 Å². The molecular weight excluding hydrogens is 238 g/mol. The van der Waals surface area contributed by atoms with Crippen LogP contribution >= 0.6 is 0 Å². The van der Waals surface area contributed by atoms with Gasteiger partial charge in [0.25, 0.3) is 0 Å². The molecule has 0 amide bonds. The standard InChI is InChI=1S/C16H27NO2/c18-12-5-3-11(4-6-12)17-14-13-7-10-19-15(13)16(14)8-1-2-9-16/h11-15,17-18H,1-10H2. The number of hydrogen-bond donors (Lipinski definition) is 2. The largest absolute Gasteiger partial charge is 0.393 e. The Bertz CT molecular complexity index is 332. The minimum Gasteiger partial charge on any atom is -0.393 e. The fourth-order valence-electron chi connectivity index (χ4n) is 5.44. The molecule has 1 saturated heterocycles. The summed E-state index contributed by atoms with van der Waals surface area (Å²) in [5.41, 5.74) is 0.483. The van der Waals surface area contributed by atoms with Gasteiger partial charge >= 0.3 is 0 Å². The van der Waals surface area contributed by atoms with Gasteiger partial charge in [-0.2, -0.15) is 0 Å². The second-order valence-electron chi connectivity index (χ2n) is 7.33. The third-order valence-corrected chi connectivity index (χ3v) is 6.40. The van der Waals surface area contributed by atoms with Crippen molar-refractivity contribution in [2.75, 3.05) is 6.61 Å². The molecule has 3 aliphatic carbocycles. The molecule has 3 nitrogen and oxygen atoms in total. The molecule has 3 unspecified atom stereocenters. The van der Waals surface area contributed by atoms with E-state index in [0.717, 1.165) is 38.2 Å². The van der Waals surface area contributed by atoms with Gasteiger partial charge in [0.1, 0.15) is 0 Å². The van der Waals surface area contributed by atoms with E-state index in [1.807, 2.05) is 0 Å². The van der Waals surface area contributed by atoms with E-state index < -0.39 is 0 Å². The fraction of sp³-hybridized carbons (Fsp3) is 1.00. The summed E-state index contributed by atoms with van der Waals surface area (Å²) in [5.74, 6) is 0.782. The molecule has 0 aromatic heterocycles. The van der Waals surface area contributed by atoms with E-state index in [9.17, 15) is 5.11 Å². The first kappa shape index (κ1) is 12.6. The molecule has 108 valence electrons. The topological polar surface area (TPSA) is 41.5 Å². The van der Waals surface area contributed by atoms with Gasteiger partial charge in [-0.05, 0) is 44.9 Å². The minimum absolute atomic E-state index is 0.0394. The van der Waals surface area contributed by atoms with E-state index in [4.69, 9.17) is 4.74 Å². The maximum Gasteiger partial charge on any atom is 0.0690 e. The SMILES string of the molecule is OC1CCC(NC2C3CCOC3C23CCCC3)CC1. The van der Waals surface area contributed by atoms with Crippen LogP contribution in [0.1, 0.15) is 57.8 Å². The molecule has 19 heavy (non-hydrogen) atoms. The lowest BCUT2D eigenvalue weighted by Gasteiger charge is -2.58. The Kier molecular flexibility index (Phi) is 3.13. The lowest BCUT2D eigenvalue weighted by atomic mass is 9.54. The molecule has 0 bridgehead atoms. The van der Waals surface area contributed by atoms with Crippen molar-refractivity contribution >= 4 is 0 Å². The summed E-state index contributed by atoms with van der Waals surface area (Å²) in [6.45, 7) is 0.985. The van der Waals surface area contributed by atoms with E-state index >= 15 is 0 Å². The van der Waals surface area contributed by atoms with Gasteiger partial charge in [-0.1, -0.05) is 12.8 Å². The van der Waals surface area contributed by atoms with Crippen LogP contribution in [0, 0.1) is 11.3 Å². The van der Waals surface area contributed by atoms with Crippen LogP contribution < -0.4 is 5.32 Å². The summed E-state index contributed by atoms with van der Waals surface area (Å²) in [7, 11) is 0. The Morgan fingerprint density at radius 1 is 1.00 bits per heavy atom. The first-order valence-electron chi connectivity index (χ1n) is 8.35. The molecule has 4 fully saturated rings. The van der Waals surface area contributed by atoms with Gasteiger partial charge < -0.3 is 15.2 Å². The van der Waals surface area contributed by atoms with Crippen molar-refractivity contribution in [2.24, 2.45) is 11.3 Å². The molecule has 0 aromatic rings. The molecule has 4 rings (SSSR count). The van der Waals surface area contributed by atoms with Crippen LogP contribution in [0.4, 0.5) is 0 Å². The highest BCUT2D eigenvalue weighted by Gasteiger charge is 2.64. The highest BCUT2D eigenvalue weighted by atomic mass is 16.5. The third-order valence-electron chi connectivity index (χ3n) is 6.40. The quantitative estimate of drug-likeness (QED) is 0.804. The van der Waals surface area contributed by atoms with Crippen molar-refractivity contribution in [3.05, 3.63) is 0 Å². The van der Waals surface area contributed by atoms with Gasteiger partial charge in [0, 0.05) is 30.0 Å². The smallest absolute Gasteiger partial charge is 0.0690 e. The molecule has 3 heteroatoms. The highest BCUT2D eigenvalue weighted by molar-refractivity contribution is 5.17. The normalized spacial score (nSPS) is 48.2. The first-order valence-corrected chi connectivity index (χ1v) is 8.35. The molecule has 3 saturated carbocycles. The number of nitrogens with one attached hydrogen (secondary N) is 1. The van der Waals surface area contributed by atoms with Crippen LogP contribution in [-0.4, -0.2) is 36.0 Å². The summed E-state index contributed by atoms with van der Waals surface area (Å²) in [4.78, 5) is 0. The Balaban J connectivity index is 1.44. The van der Waals surface area contributed by atoms with E-state index in [-0.39, 0.29) is 6.10 Å². The van der Waals surface area contributed by atoms with Crippen molar-refractivity contribution < 1.29 is 9.84 Å². The summed E-state index contributed by atoms with van der Waals surface area (Å²) < 4.78 is 6.05. The lowest BCUT2D eigenvalue weighted by Crippen LogP contribution is -2.69. The first-order chi connectivity index (χ1) is 9.29. The van der Waals surface area contributed by atoms with Gasteiger partial charge in [-0.15, -0.1) is 0 Å².